The Morgan fingerprint density at radius 3 is 2.83 bits per heavy atom. The first-order chi connectivity index (χ1) is 11.5. The lowest BCUT2D eigenvalue weighted by Gasteiger charge is -2.00. The lowest BCUT2D eigenvalue weighted by Crippen LogP contribution is -2.02. The number of esters is 1. The van der Waals surface area contributed by atoms with Crippen molar-refractivity contribution < 1.29 is 30.1 Å². The van der Waals surface area contributed by atoms with Crippen LogP contribution < -0.4 is 0 Å². The van der Waals surface area contributed by atoms with Gasteiger partial charge in [-0.3, -0.25) is 4.79 Å². The van der Waals surface area contributed by atoms with E-state index in [1.54, 1.807) is 0 Å². The zero-order chi connectivity index (χ0) is 22.5. The van der Waals surface area contributed by atoms with Crippen LogP contribution in [0.4, 0.5) is 0 Å². The highest BCUT2D eigenvalue weighted by Crippen LogP contribution is 2.05. The molecular weight excluding hydrogens is 152 g/mol. The second-order valence-electron chi connectivity index (χ2n) is 1.47. The summed E-state index contributed by atoms with van der Waals surface area (Å²) in [4.78, 5) is 11.7. The van der Waals surface area contributed by atoms with Crippen LogP contribution in [-0.2, 0) is 9.53 Å². The standard InChI is InChI=1S/C10H20O2/c1-3-5-6-7-8-9-10(11)12-4-2/h3-9H2,1-2H3/i1D3,3D2,5D2,6D2,7D2,8D2,9D2. The van der Waals surface area contributed by atoms with Crippen molar-refractivity contribution in [1.29, 1.82) is 0 Å². The van der Waals surface area contributed by atoms with E-state index in [1.165, 1.54) is 6.92 Å². The summed E-state index contributed by atoms with van der Waals surface area (Å²) >= 11 is 0. The summed E-state index contributed by atoms with van der Waals surface area (Å²) in [5.74, 6) is -1.88. The van der Waals surface area contributed by atoms with Gasteiger partial charge in [0.15, 0.2) is 0 Å². The van der Waals surface area contributed by atoms with Gasteiger partial charge in [0.1, 0.15) is 0 Å². The molecule has 0 aliphatic heterocycles. The van der Waals surface area contributed by atoms with E-state index >= 15 is 0 Å². The van der Waals surface area contributed by atoms with Gasteiger partial charge in [0.25, 0.3) is 0 Å². The lowest BCUT2D eigenvalue weighted by molar-refractivity contribution is -0.143. The molecule has 12 heavy (non-hydrogen) atoms. The lowest BCUT2D eigenvalue weighted by atomic mass is 10.1. The normalized spacial score (nSPS) is 36.6. The van der Waals surface area contributed by atoms with Crippen molar-refractivity contribution in [2.75, 3.05) is 6.61 Å². The zero-order valence-electron chi connectivity index (χ0n) is 21.5. The molecule has 0 aliphatic rings. The van der Waals surface area contributed by atoms with E-state index in [2.05, 4.69) is 4.74 Å². The van der Waals surface area contributed by atoms with E-state index in [1.807, 2.05) is 0 Å². The molecule has 0 saturated carbocycles. The van der Waals surface area contributed by atoms with Crippen LogP contribution in [0.15, 0.2) is 0 Å². The summed E-state index contributed by atoms with van der Waals surface area (Å²) in [5, 5.41) is 0. The monoisotopic (exact) mass is 187 g/mol. The van der Waals surface area contributed by atoms with Crippen molar-refractivity contribution >= 4 is 5.97 Å². The van der Waals surface area contributed by atoms with Gasteiger partial charge in [-0.2, -0.15) is 0 Å². The van der Waals surface area contributed by atoms with E-state index in [4.69, 9.17) is 20.6 Å². The third-order valence-corrected chi connectivity index (χ3v) is 0.690. The number of ether oxygens (including phenoxy) is 1. The molecule has 0 amide bonds. The fourth-order valence-electron chi connectivity index (χ4n) is 0.343. The Morgan fingerprint density at radius 2 is 2.17 bits per heavy atom. The van der Waals surface area contributed by atoms with Crippen molar-refractivity contribution in [3.8, 4) is 0 Å². The molecule has 2 nitrogen and oxygen atoms in total. The number of carbonyl (C=O) groups excluding carboxylic acids is 1. The molecule has 0 unspecified atom stereocenters. The fraction of sp³-hybridized carbons (Fsp3) is 0.900. The quantitative estimate of drug-likeness (QED) is 0.573. The Hall–Kier alpha value is -0.530. The topological polar surface area (TPSA) is 26.3 Å². The molecule has 2 heteroatoms. The Balaban J connectivity index is 6.51. The molecule has 0 rings (SSSR count). The molecule has 0 aromatic heterocycles. The van der Waals surface area contributed by atoms with Crippen LogP contribution in [0.1, 0.15) is 72.6 Å². The SMILES string of the molecule is [2H]C([2H])([2H])C([2H])([2H])C([2H])([2H])C([2H])([2H])C([2H])([2H])C([2H])([2H])C([2H])([2H])C(=O)OCC. The Kier molecular flexibility index (Phi) is 1.38. The maximum atomic E-state index is 11.7. The molecule has 0 radical (unpaired) electrons. The molecule has 0 spiro atoms. The maximum Gasteiger partial charge on any atom is 0.305 e. The molecular formula is C10H20O2. The van der Waals surface area contributed by atoms with Gasteiger partial charge in [0.2, 0.25) is 0 Å². The highest BCUT2D eigenvalue weighted by Gasteiger charge is 1.99. The molecule has 0 atom stereocenters. The van der Waals surface area contributed by atoms with Gasteiger partial charge in [-0.25, -0.2) is 0 Å². The average Bonchev–Trinajstić information content (AvgIpc) is 2.45. The second-order valence-corrected chi connectivity index (χ2v) is 1.47. The van der Waals surface area contributed by atoms with Crippen molar-refractivity contribution in [2.45, 2.75) is 52.0 Å². The Labute approximate surface area is 96.4 Å². The molecule has 0 aliphatic carbocycles. The summed E-state index contributed by atoms with van der Waals surface area (Å²) in [6, 6.07) is 0. The van der Waals surface area contributed by atoms with E-state index < -0.39 is 57.7 Å². The van der Waals surface area contributed by atoms with Crippen molar-refractivity contribution in [2.24, 2.45) is 0 Å². The average molecular weight is 187 g/mol. The maximum absolute atomic E-state index is 11.7. The van der Waals surface area contributed by atoms with Gasteiger partial charge in [-0.05, 0) is 13.3 Å². The van der Waals surface area contributed by atoms with Gasteiger partial charge >= 0.3 is 5.97 Å². The number of carbonyl (C=O) groups is 1. The van der Waals surface area contributed by atoms with Crippen LogP contribution in [0.3, 0.4) is 0 Å². The second kappa shape index (κ2) is 8.57. The van der Waals surface area contributed by atoms with Gasteiger partial charge in [0.05, 0.1) is 6.61 Å². The van der Waals surface area contributed by atoms with Gasteiger partial charge < -0.3 is 4.74 Å². The summed E-state index contributed by atoms with van der Waals surface area (Å²) < 4.78 is 117. The first-order valence-corrected chi connectivity index (χ1v) is 3.15. The fourth-order valence-corrected chi connectivity index (χ4v) is 0.343. The minimum Gasteiger partial charge on any atom is -0.466 e. The summed E-state index contributed by atoms with van der Waals surface area (Å²) in [7, 11) is 0. The van der Waals surface area contributed by atoms with E-state index in [0.717, 1.165) is 0 Å². The zero-order valence-corrected chi connectivity index (χ0v) is 6.52. The molecule has 0 bridgehead atoms. The molecule has 0 fully saturated rings. The summed E-state index contributed by atoms with van der Waals surface area (Å²) in [5.41, 5.74) is 0. The van der Waals surface area contributed by atoms with Crippen LogP contribution in [0.2, 0.25) is 0 Å². The third kappa shape index (κ3) is 7.58. The largest absolute Gasteiger partial charge is 0.466 e. The molecule has 0 N–H and O–H groups in total. The summed E-state index contributed by atoms with van der Waals surface area (Å²) in [6.07, 6.45) is -24.5. The number of rotatable bonds is 7. The number of hydrogen-bond acceptors (Lipinski definition) is 2. The first-order valence-electron chi connectivity index (χ1n) is 10.7. The van der Waals surface area contributed by atoms with Crippen molar-refractivity contribution in [1.82, 2.24) is 0 Å². The minimum absolute atomic E-state index is 0.410. The molecule has 0 aromatic rings. The van der Waals surface area contributed by atoms with E-state index in [-0.39, 0.29) is 0 Å². The Morgan fingerprint density at radius 1 is 1.42 bits per heavy atom. The molecule has 0 saturated heterocycles. The van der Waals surface area contributed by atoms with Crippen LogP contribution >= 0.6 is 0 Å². The van der Waals surface area contributed by atoms with Crippen LogP contribution in [0.25, 0.3) is 0 Å². The summed E-state index contributed by atoms with van der Waals surface area (Å²) in [6.45, 7) is -2.92. The molecule has 0 heterocycles. The molecule has 72 valence electrons. The first kappa shape index (κ1) is 1.94. The molecule has 0 aromatic carbocycles. The highest BCUT2D eigenvalue weighted by atomic mass is 16.5. The van der Waals surface area contributed by atoms with Gasteiger partial charge in [-0.1, -0.05) is 32.3 Å². The van der Waals surface area contributed by atoms with Gasteiger partial charge in [0, 0.05) is 26.9 Å². The predicted molar refractivity (Wildman–Crippen MR) is 50.0 cm³/mol. The predicted octanol–water partition coefficient (Wildman–Crippen LogP) is 2.91. The van der Waals surface area contributed by atoms with Crippen molar-refractivity contribution in [3.05, 3.63) is 0 Å². The van der Waals surface area contributed by atoms with E-state index in [9.17, 15) is 4.79 Å². The Bertz CT molecular complexity index is 561. The van der Waals surface area contributed by atoms with Gasteiger partial charge in [-0.15, -0.1) is 0 Å². The minimum atomic E-state index is -4.23. The third-order valence-electron chi connectivity index (χ3n) is 0.690. The van der Waals surface area contributed by atoms with Crippen LogP contribution in [0, 0.1) is 0 Å². The van der Waals surface area contributed by atoms with E-state index in [0.29, 0.717) is 0 Å². The van der Waals surface area contributed by atoms with Crippen LogP contribution in [-0.4, -0.2) is 12.6 Å². The highest BCUT2D eigenvalue weighted by molar-refractivity contribution is 5.69. The van der Waals surface area contributed by atoms with Crippen molar-refractivity contribution in [3.63, 3.8) is 0 Å². The number of hydrogen-bond donors (Lipinski definition) is 0. The smallest absolute Gasteiger partial charge is 0.305 e. The van der Waals surface area contributed by atoms with Crippen LogP contribution in [0.5, 0.6) is 0 Å².